The van der Waals surface area contributed by atoms with Crippen LogP contribution in [-0.2, 0) is 4.74 Å². The summed E-state index contributed by atoms with van der Waals surface area (Å²) in [5.74, 6) is 1.04. The summed E-state index contributed by atoms with van der Waals surface area (Å²) in [7, 11) is 0. The molecule has 0 bridgehead atoms. The fourth-order valence-electron chi connectivity index (χ4n) is 4.88. The van der Waals surface area contributed by atoms with Gasteiger partial charge in [-0.15, -0.1) is 0 Å². The Morgan fingerprint density at radius 2 is 1.83 bits per heavy atom. The topological polar surface area (TPSA) is 98.3 Å². The van der Waals surface area contributed by atoms with Crippen molar-refractivity contribution in [2.24, 2.45) is 0 Å². The van der Waals surface area contributed by atoms with Crippen LogP contribution in [-0.4, -0.2) is 64.0 Å². The number of aryl methyl sites for hydroxylation is 2. The molecule has 36 heavy (non-hydrogen) atoms. The quantitative estimate of drug-likeness (QED) is 0.400. The molecular weight excluding hydrogens is 456 g/mol. The maximum Gasteiger partial charge on any atom is 0.295 e. The van der Waals surface area contributed by atoms with E-state index in [1.54, 1.807) is 4.57 Å². The molecular formula is C27H32N6O3. The fraction of sp³-hybridized carbons (Fsp3) is 0.407. The highest BCUT2D eigenvalue weighted by Gasteiger charge is 2.22. The average Bonchev–Trinajstić information content (AvgIpc) is 3.25. The zero-order valence-electron chi connectivity index (χ0n) is 21.0. The monoisotopic (exact) mass is 488 g/mol. The van der Waals surface area contributed by atoms with E-state index in [0.29, 0.717) is 35.0 Å². The van der Waals surface area contributed by atoms with E-state index in [-0.39, 0.29) is 11.6 Å². The Morgan fingerprint density at radius 3 is 2.53 bits per heavy atom. The molecule has 0 saturated carbocycles. The minimum absolute atomic E-state index is 0.177. The van der Waals surface area contributed by atoms with E-state index in [4.69, 9.17) is 19.2 Å². The van der Waals surface area contributed by atoms with Gasteiger partial charge in [0.05, 0.1) is 36.2 Å². The first-order valence-corrected chi connectivity index (χ1v) is 12.5. The van der Waals surface area contributed by atoms with E-state index in [0.717, 1.165) is 56.1 Å². The number of fused-ring (bicyclic) bond motifs is 1. The van der Waals surface area contributed by atoms with Gasteiger partial charge in [0.15, 0.2) is 11.5 Å². The molecule has 9 heteroatoms. The van der Waals surface area contributed by atoms with Gasteiger partial charge in [-0.2, -0.15) is 0 Å². The summed E-state index contributed by atoms with van der Waals surface area (Å²) >= 11 is 0. The highest BCUT2D eigenvalue weighted by molar-refractivity contribution is 5.77. The number of nitrogens with one attached hydrogen (secondary N) is 1. The van der Waals surface area contributed by atoms with Crippen LogP contribution < -0.4 is 10.9 Å². The lowest BCUT2D eigenvalue weighted by Crippen LogP contribution is -2.39. The van der Waals surface area contributed by atoms with Crippen LogP contribution in [0.4, 0.5) is 5.82 Å². The maximum absolute atomic E-state index is 13.9. The number of aromatic nitrogens is 4. The summed E-state index contributed by atoms with van der Waals surface area (Å²) in [5.41, 5.74) is 4.40. The van der Waals surface area contributed by atoms with Gasteiger partial charge in [0.25, 0.3) is 5.56 Å². The molecule has 0 aliphatic carbocycles. The molecule has 0 spiro atoms. The van der Waals surface area contributed by atoms with Crippen molar-refractivity contribution >= 4 is 17.0 Å². The highest BCUT2D eigenvalue weighted by atomic mass is 16.5. The summed E-state index contributed by atoms with van der Waals surface area (Å²) in [6.45, 7) is 10.6. The minimum atomic E-state index is -0.184. The molecule has 5 rings (SSSR count). The van der Waals surface area contributed by atoms with Crippen LogP contribution in [0, 0.1) is 13.8 Å². The largest absolute Gasteiger partial charge is 0.379 e. The van der Waals surface area contributed by atoms with Crippen LogP contribution in [0.2, 0.25) is 0 Å². The van der Waals surface area contributed by atoms with Crippen LogP contribution in [0.3, 0.4) is 0 Å². The van der Waals surface area contributed by atoms with Gasteiger partial charge in [-0.1, -0.05) is 42.4 Å². The molecule has 1 aromatic carbocycles. The van der Waals surface area contributed by atoms with E-state index >= 15 is 0 Å². The molecule has 9 nitrogen and oxygen atoms in total. The molecule has 1 aliphatic heterocycles. The van der Waals surface area contributed by atoms with Gasteiger partial charge < -0.3 is 14.6 Å². The van der Waals surface area contributed by atoms with Gasteiger partial charge >= 0.3 is 0 Å². The van der Waals surface area contributed by atoms with Crippen molar-refractivity contribution < 1.29 is 9.26 Å². The zero-order valence-corrected chi connectivity index (χ0v) is 21.0. The molecule has 1 N–H and O–H groups in total. The second kappa shape index (κ2) is 10.6. The molecule has 0 unspecified atom stereocenters. The van der Waals surface area contributed by atoms with E-state index in [2.05, 4.69) is 34.4 Å². The van der Waals surface area contributed by atoms with Gasteiger partial charge in [0, 0.05) is 26.2 Å². The van der Waals surface area contributed by atoms with Crippen molar-refractivity contribution in [1.29, 1.82) is 0 Å². The van der Waals surface area contributed by atoms with Crippen molar-refractivity contribution in [2.45, 2.75) is 33.2 Å². The Kier molecular flexibility index (Phi) is 7.11. The Balaban J connectivity index is 1.59. The van der Waals surface area contributed by atoms with Crippen molar-refractivity contribution in [3.63, 3.8) is 0 Å². The second-order valence-corrected chi connectivity index (χ2v) is 9.09. The minimum Gasteiger partial charge on any atom is -0.379 e. The van der Waals surface area contributed by atoms with Crippen molar-refractivity contribution in [3.05, 3.63) is 69.8 Å². The number of hydrogen-bond donors (Lipinski definition) is 1. The summed E-state index contributed by atoms with van der Waals surface area (Å²) in [4.78, 5) is 25.9. The number of anilines is 1. The lowest BCUT2D eigenvalue weighted by molar-refractivity contribution is 0.0398. The smallest absolute Gasteiger partial charge is 0.295 e. The van der Waals surface area contributed by atoms with E-state index in [9.17, 15) is 4.79 Å². The van der Waals surface area contributed by atoms with E-state index < -0.39 is 0 Å². The molecule has 3 aromatic heterocycles. The van der Waals surface area contributed by atoms with Crippen LogP contribution in [0.25, 0.3) is 22.4 Å². The van der Waals surface area contributed by atoms with Crippen LogP contribution in [0.1, 0.15) is 36.4 Å². The Hall–Kier alpha value is -3.56. The second-order valence-electron chi connectivity index (χ2n) is 9.09. The lowest BCUT2D eigenvalue weighted by atomic mass is 10.0. The first kappa shape index (κ1) is 24.1. The molecule has 4 aromatic rings. The number of benzene rings is 1. The third-order valence-corrected chi connectivity index (χ3v) is 6.73. The zero-order chi connectivity index (χ0) is 25.1. The molecule has 1 atom stereocenters. The molecule has 0 amide bonds. The molecule has 4 heterocycles. The number of rotatable bonds is 8. The number of morpholine rings is 1. The molecule has 0 radical (unpaired) electrons. The van der Waals surface area contributed by atoms with Gasteiger partial charge in [0.2, 0.25) is 0 Å². The van der Waals surface area contributed by atoms with E-state index in [1.165, 1.54) is 0 Å². The van der Waals surface area contributed by atoms with Gasteiger partial charge in [-0.3, -0.25) is 14.3 Å². The number of ether oxygens (including phenoxy) is 1. The third kappa shape index (κ3) is 4.76. The molecule has 1 saturated heterocycles. The van der Waals surface area contributed by atoms with Crippen LogP contribution in [0.15, 0.2) is 51.8 Å². The van der Waals surface area contributed by atoms with Gasteiger partial charge in [-0.25, -0.2) is 9.97 Å². The number of hydrogen-bond acceptors (Lipinski definition) is 8. The summed E-state index contributed by atoms with van der Waals surface area (Å²) in [5, 5.41) is 7.38. The average molecular weight is 489 g/mol. The number of nitrogens with zero attached hydrogens (tertiary/aromatic N) is 5. The number of pyridine rings is 1. The maximum atomic E-state index is 13.9. The standard InChI is InChI=1S/C27H32N6O3/c1-4-23(20-8-6-5-7-9-20)33-26-22(11-10-21(30-26)24-18(2)31-36-19(24)3)29-25(27(33)34)28-12-13-32-14-16-35-17-15-32/h5-11,23H,4,12-17H2,1-3H3,(H,28,29)/t23-/m1/s1. The first-order valence-electron chi connectivity index (χ1n) is 12.5. The van der Waals surface area contributed by atoms with Crippen molar-refractivity contribution in [1.82, 2.24) is 24.6 Å². The van der Waals surface area contributed by atoms with Crippen LogP contribution >= 0.6 is 0 Å². The first-order chi connectivity index (χ1) is 17.6. The predicted molar refractivity (Wildman–Crippen MR) is 139 cm³/mol. The Labute approximate surface area is 210 Å². The van der Waals surface area contributed by atoms with Crippen molar-refractivity contribution in [3.8, 4) is 11.3 Å². The summed E-state index contributed by atoms with van der Waals surface area (Å²) < 4.78 is 12.6. The summed E-state index contributed by atoms with van der Waals surface area (Å²) in [6, 6.07) is 13.7. The van der Waals surface area contributed by atoms with Gasteiger partial charge in [0.1, 0.15) is 11.3 Å². The SMILES string of the molecule is CC[C@H](c1ccccc1)n1c(=O)c(NCCN2CCOCC2)nc2ccc(-c3c(C)noc3C)nc21. The third-order valence-electron chi connectivity index (χ3n) is 6.73. The Bertz CT molecular complexity index is 1370. The van der Waals surface area contributed by atoms with E-state index in [1.807, 2.05) is 44.2 Å². The van der Waals surface area contributed by atoms with Crippen molar-refractivity contribution in [2.75, 3.05) is 44.7 Å². The molecule has 188 valence electrons. The molecule has 1 aliphatic rings. The van der Waals surface area contributed by atoms with Gasteiger partial charge in [-0.05, 0) is 38.0 Å². The summed E-state index contributed by atoms with van der Waals surface area (Å²) in [6.07, 6.45) is 0.730. The molecule has 1 fully saturated rings. The fourth-order valence-corrected chi connectivity index (χ4v) is 4.88. The normalized spacial score (nSPS) is 15.3. The van der Waals surface area contributed by atoms with Crippen LogP contribution in [0.5, 0.6) is 0 Å². The lowest BCUT2D eigenvalue weighted by Gasteiger charge is -2.26. The predicted octanol–water partition coefficient (Wildman–Crippen LogP) is 3.81. The highest BCUT2D eigenvalue weighted by Crippen LogP contribution is 2.29. The Morgan fingerprint density at radius 1 is 1.06 bits per heavy atom.